The van der Waals surface area contributed by atoms with Crippen LogP contribution >= 0.6 is 11.8 Å². The maximum Gasteiger partial charge on any atom is 0.264 e. The van der Waals surface area contributed by atoms with E-state index >= 15 is 0 Å². The Balaban J connectivity index is 2.00. The lowest BCUT2D eigenvalue weighted by molar-refractivity contribution is -0.139. The van der Waals surface area contributed by atoms with Gasteiger partial charge in [-0.1, -0.05) is 55.3 Å². The highest BCUT2D eigenvalue weighted by Gasteiger charge is 2.32. The molecule has 1 atom stereocenters. The topological polar surface area (TPSA) is 86.8 Å². The molecule has 1 unspecified atom stereocenters. The third kappa shape index (κ3) is 7.88. The molecule has 0 bridgehead atoms. The van der Waals surface area contributed by atoms with Crippen LogP contribution in [0, 0.1) is 13.8 Å². The first-order valence-electron chi connectivity index (χ1n) is 13.4. The van der Waals surface area contributed by atoms with Crippen LogP contribution in [0.2, 0.25) is 0 Å². The third-order valence-corrected chi connectivity index (χ3v) is 9.38. The number of rotatable bonds is 13. The van der Waals surface area contributed by atoms with Crippen molar-refractivity contribution in [1.29, 1.82) is 0 Å². The molecule has 9 heteroatoms. The number of thioether (sulfide) groups is 1. The van der Waals surface area contributed by atoms with Crippen LogP contribution in [0.25, 0.3) is 0 Å². The number of nitrogens with zero attached hydrogens (tertiary/aromatic N) is 2. The van der Waals surface area contributed by atoms with Crippen LogP contribution in [0.4, 0.5) is 5.69 Å². The largest absolute Gasteiger partial charge is 0.354 e. The normalized spacial score (nSPS) is 12.0. The van der Waals surface area contributed by atoms with Crippen LogP contribution in [-0.2, 0) is 26.2 Å². The van der Waals surface area contributed by atoms with E-state index in [0.29, 0.717) is 12.2 Å². The van der Waals surface area contributed by atoms with Gasteiger partial charge in [-0.3, -0.25) is 13.9 Å². The molecule has 0 aliphatic rings. The van der Waals surface area contributed by atoms with Crippen molar-refractivity contribution in [2.24, 2.45) is 0 Å². The highest BCUT2D eigenvalue weighted by atomic mass is 32.2. The molecule has 0 aromatic heterocycles. The third-order valence-electron chi connectivity index (χ3n) is 6.85. The van der Waals surface area contributed by atoms with E-state index in [1.807, 2.05) is 63.4 Å². The molecule has 3 rings (SSSR count). The maximum absolute atomic E-state index is 14.0. The van der Waals surface area contributed by atoms with Crippen LogP contribution < -0.4 is 9.62 Å². The number of hydrogen-bond acceptors (Lipinski definition) is 5. The van der Waals surface area contributed by atoms with Gasteiger partial charge < -0.3 is 10.2 Å². The van der Waals surface area contributed by atoms with Crippen LogP contribution in [-0.4, -0.2) is 50.5 Å². The second-order valence-electron chi connectivity index (χ2n) is 9.79. The summed E-state index contributed by atoms with van der Waals surface area (Å²) in [5.41, 5.74) is 3.22. The van der Waals surface area contributed by atoms with Gasteiger partial charge in [0, 0.05) is 18.0 Å². The van der Waals surface area contributed by atoms with Crippen molar-refractivity contribution in [3.8, 4) is 0 Å². The fourth-order valence-corrected chi connectivity index (χ4v) is 6.03. The van der Waals surface area contributed by atoms with Crippen LogP contribution in [0.3, 0.4) is 0 Å². The fourth-order valence-electron chi connectivity index (χ4n) is 4.20. The zero-order chi connectivity index (χ0) is 29.3. The summed E-state index contributed by atoms with van der Waals surface area (Å²) in [6.45, 7) is 7.83. The molecule has 0 spiro atoms. The lowest BCUT2D eigenvalue weighted by atomic mass is 10.1. The molecule has 40 heavy (non-hydrogen) atoms. The molecule has 2 amide bonds. The lowest BCUT2D eigenvalue weighted by Gasteiger charge is -2.32. The molecule has 3 aromatic carbocycles. The van der Waals surface area contributed by atoms with E-state index < -0.39 is 28.5 Å². The minimum atomic E-state index is -4.09. The van der Waals surface area contributed by atoms with Gasteiger partial charge in [-0.25, -0.2) is 8.42 Å². The Labute approximate surface area is 243 Å². The number of carbonyl (C=O) groups is 2. The summed E-state index contributed by atoms with van der Waals surface area (Å²) in [5, 5.41) is 2.91. The number of sulfonamides is 1. The van der Waals surface area contributed by atoms with Crippen molar-refractivity contribution < 1.29 is 18.0 Å². The van der Waals surface area contributed by atoms with E-state index in [1.165, 1.54) is 16.7 Å². The number of hydrogen-bond donors (Lipinski definition) is 1. The van der Waals surface area contributed by atoms with E-state index in [4.69, 9.17) is 0 Å². The van der Waals surface area contributed by atoms with Gasteiger partial charge in [-0.15, -0.1) is 11.8 Å². The second-order valence-corrected chi connectivity index (χ2v) is 12.5. The molecule has 0 radical (unpaired) electrons. The molecule has 0 saturated heterocycles. The molecule has 0 heterocycles. The number of nitrogens with one attached hydrogen (secondary N) is 1. The van der Waals surface area contributed by atoms with Crippen molar-refractivity contribution in [3.63, 3.8) is 0 Å². The summed E-state index contributed by atoms with van der Waals surface area (Å²) < 4.78 is 29.0. The molecular weight excluding hydrogens is 542 g/mol. The SMILES string of the molecule is CCCCNC(=O)C(C)N(Cc1ccccc1C)C(=O)CN(c1ccc(C)cc1)S(=O)(=O)c1ccc(SC)cc1. The summed E-state index contributed by atoms with van der Waals surface area (Å²) in [7, 11) is -4.09. The van der Waals surface area contributed by atoms with Crippen LogP contribution in [0.15, 0.2) is 82.6 Å². The van der Waals surface area contributed by atoms with Gasteiger partial charge in [0.15, 0.2) is 0 Å². The smallest absolute Gasteiger partial charge is 0.264 e. The van der Waals surface area contributed by atoms with Crippen LogP contribution in [0.5, 0.6) is 0 Å². The molecule has 0 aliphatic heterocycles. The first-order valence-corrected chi connectivity index (χ1v) is 16.1. The van der Waals surface area contributed by atoms with E-state index in [-0.39, 0.29) is 17.3 Å². The van der Waals surface area contributed by atoms with E-state index in [1.54, 1.807) is 43.3 Å². The Morgan fingerprint density at radius 3 is 2.20 bits per heavy atom. The summed E-state index contributed by atoms with van der Waals surface area (Å²) >= 11 is 1.52. The van der Waals surface area contributed by atoms with Gasteiger partial charge >= 0.3 is 0 Å². The summed E-state index contributed by atoms with van der Waals surface area (Å²) in [6, 6.07) is 20.5. The first kappa shape index (κ1) is 31.2. The Hall–Kier alpha value is -3.30. The van der Waals surface area contributed by atoms with Gasteiger partial charge in [0.2, 0.25) is 11.8 Å². The van der Waals surface area contributed by atoms with Crippen molar-refractivity contribution >= 4 is 39.3 Å². The summed E-state index contributed by atoms with van der Waals surface area (Å²) in [6.07, 6.45) is 3.68. The van der Waals surface area contributed by atoms with Crippen LogP contribution in [0.1, 0.15) is 43.4 Å². The number of carbonyl (C=O) groups excluding carboxylic acids is 2. The molecule has 0 fully saturated rings. The Morgan fingerprint density at radius 1 is 0.950 bits per heavy atom. The minimum Gasteiger partial charge on any atom is -0.354 e. The predicted octanol–water partition coefficient (Wildman–Crippen LogP) is 5.55. The highest BCUT2D eigenvalue weighted by molar-refractivity contribution is 7.98. The van der Waals surface area contributed by atoms with Crippen molar-refractivity contribution in [1.82, 2.24) is 10.2 Å². The first-order chi connectivity index (χ1) is 19.1. The molecule has 7 nitrogen and oxygen atoms in total. The summed E-state index contributed by atoms with van der Waals surface area (Å²) in [5.74, 6) is -0.737. The van der Waals surface area contributed by atoms with Gasteiger partial charge in [0.05, 0.1) is 10.6 Å². The predicted molar refractivity (Wildman–Crippen MR) is 163 cm³/mol. The zero-order valence-electron chi connectivity index (χ0n) is 23.9. The fraction of sp³-hybridized carbons (Fsp3) is 0.355. The minimum absolute atomic E-state index is 0.0921. The molecule has 0 saturated carbocycles. The molecule has 0 aliphatic carbocycles. The van der Waals surface area contributed by atoms with Crippen molar-refractivity contribution in [2.45, 2.75) is 62.9 Å². The van der Waals surface area contributed by atoms with Crippen molar-refractivity contribution in [2.75, 3.05) is 23.7 Å². The van der Waals surface area contributed by atoms with E-state index in [2.05, 4.69) is 5.32 Å². The monoisotopic (exact) mass is 581 g/mol. The second kappa shape index (κ2) is 14.4. The number of benzene rings is 3. The lowest BCUT2D eigenvalue weighted by Crippen LogP contribution is -2.51. The number of aryl methyl sites for hydroxylation is 2. The number of amides is 2. The van der Waals surface area contributed by atoms with Crippen molar-refractivity contribution in [3.05, 3.63) is 89.5 Å². The van der Waals surface area contributed by atoms with Gasteiger partial charge in [-0.05, 0) is 81.0 Å². The quantitative estimate of drug-likeness (QED) is 0.211. The molecule has 1 N–H and O–H groups in total. The highest BCUT2D eigenvalue weighted by Crippen LogP contribution is 2.26. The van der Waals surface area contributed by atoms with Gasteiger partial charge in [-0.2, -0.15) is 0 Å². The Morgan fingerprint density at radius 2 is 1.60 bits per heavy atom. The molecule has 3 aromatic rings. The standard InChI is InChI=1S/C31H39N3O4S2/c1-6-7-20-32-31(36)25(4)33(21-26-11-9-8-10-24(26)3)30(35)22-34(27-14-12-23(2)13-15-27)40(37,38)29-18-16-28(39-5)17-19-29/h8-19,25H,6-7,20-22H2,1-5H3,(H,32,36). The van der Waals surface area contributed by atoms with E-state index in [9.17, 15) is 18.0 Å². The summed E-state index contributed by atoms with van der Waals surface area (Å²) in [4.78, 5) is 29.6. The number of anilines is 1. The molecular formula is C31H39N3O4S2. The average molecular weight is 582 g/mol. The number of unbranched alkanes of at least 4 members (excludes halogenated alkanes) is 1. The maximum atomic E-state index is 14.0. The van der Waals surface area contributed by atoms with E-state index in [0.717, 1.165) is 38.7 Å². The molecule has 214 valence electrons. The Kier molecular flexibility index (Phi) is 11.2. The van der Waals surface area contributed by atoms with Gasteiger partial charge in [0.25, 0.3) is 10.0 Å². The Bertz CT molecular complexity index is 1390. The average Bonchev–Trinajstić information content (AvgIpc) is 2.95. The zero-order valence-corrected chi connectivity index (χ0v) is 25.5. The van der Waals surface area contributed by atoms with Gasteiger partial charge in [0.1, 0.15) is 12.6 Å².